The molecular formula is C15H21N3O2. The number of likely N-dealkylation sites (N-methyl/N-ethyl adjacent to an activating group) is 2. The third kappa shape index (κ3) is 3.81. The number of likely N-dealkylation sites (tertiary alicyclic amines) is 1. The van der Waals surface area contributed by atoms with Crippen LogP contribution in [0.25, 0.3) is 6.08 Å². The molecular weight excluding hydrogens is 254 g/mol. The summed E-state index contributed by atoms with van der Waals surface area (Å²) in [5.74, 6) is -0.0192. The first-order chi connectivity index (χ1) is 9.56. The number of carboxylic acid groups (broad SMARTS) is 1. The predicted octanol–water partition coefficient (Wildman–Crippen LogP) is 1.71. The van der Waals surface area contributed by atoms with E-state index < -0.39 is 5.97 Å². The number of piperidine rings is 1. The molecule has 0 amide bonds. The molecule has 0 spiro atoms. The van der Waals surface area contributed by atoms with E-state index in [2.05, 4.69) is 28.9 Å². The van der Waals surface area contributed by atoms with Crippen LogP contribution in [0, 0.1) is 0 Å². The smallest absolute Gasteiger partial charge is 0.328 e. The molecule has 5 nitrogen and oxygen atoms in total. The van der Waals surface area contributed by atoms with Gasteiger partial charge < -0.3 is 14.9 Å². The van der Waals surface area contributed by atoms with Crippen molar-refractivity contribution in [3.63, 3.8) is 0 Å². The van der Waals surface area contributed by atoms with Crippen LogP contribution in [0.4, 0.5) is 5.82 Å². The van der Waals surface area contributed by atoms with Gasteiger partial charge in [-0.15, -0.1) is 0 Å². The zero-order valence-electron chi connectivity index (χ0n) is 12.0. The average molecular weight is 275 g/mol. The van der Waals surface area contributed by atoms with Crippen molar-refractivity contribution in [1.82, 2.24) is 9.88 Å². The maximum Gasteiger partial charge on any atom is 0.328 e. The Morgan fingerprint density at radius 3 is 2.95 bits per heavy atom. The number of anilines is 1. The fourth-order valence-corrected chi connectivity index (χ4v) is 2.51. The van der Waals surface area contributed by atoms with Crippen LogP contribution in [-0.4, -0.2) is 54.2 Å². The van der Waals surface area contributed by atoms with Gasteiger partial charge >= 0.3 is 5.97 Å². The third-order valence-corrected chi connectivity index (χ3v) is 3.70. The fraction of sp³-hybridized carbons (Fsp3) is 0.467. The molecule has 0 bridgehead atoms. The van der Waals surface area contributed by atoms with Gasteiger partial charge in [-0.25, -0.2) is 9.78 Å². The molecule has 108 valence electrons. The summed E-state index contributed by atoms with van der Waals surface area (Å²) in [6.45, 7) is 2.22. The van der Waals surface area contributed by atoms with Crippen LogP contribution in [-0.2, 0) is 4.79 Å². The normalized spacial score (nSPS) is 20.2. The number of pyridine rings is 1. The number of hydrogen-bond donors (Lipinski definition) is 1. The van der Waals surface area contributed by atoms with E-state index in [1.165, 1.54) is 12.8 Å². The monoisotopic (exact) mass is 275 g/mol. The summed E-state index contributed by atoms with van der Waals surface area (Å²) in [6, 6.07) is 4.32. The molecule has 0 aromatic carbocycles. The van der Waals surface area contributed by atoms with Gasteiger partial charge in [-0.3, -0.25) is 0 Å². The van der Waals surface area contributed by atoms with Crippen molar-refractivity contribution in [2.24, 2.45) is 0 Å². The van der Waals surface area contributed by atoms with Gasteiger partial charge in [0.2, 0.25) is 0 Å². The van der Waals surface area contributed by atoms with Crippen LogP contribution >= 0.6 is 0 Å². The summed E-state index contributed by atoms with van der Waals surface area (Å²) in [5.41, 5.74) is 0.797. The second kappa shape index (κ2) is 6.52. The highest BCUT2D eigenvalue weighted by atomic mass is 16.4. The first kappa shape index (κ1) is 14.5. The van der Waals surface area contributed by atoms with Crippen LogP contribution in [0.1, 0.15) is 18.4 Å². The van der Waals surface area contributed by atoms with Gasteiger partial charge in [0.1, 0.15) is 5.82 Å². The molecule has 0 saturated carbocycles. The Hall–Kier alpha value is -1.88. The Balaban J connectivity index is 2.03. The zero-order chi connectivity index (χ0) is 14.5. The molecule has 1 atom stereocenters. The largest absolute Gasteiger partial charge is 0.478 e. The van der Waals surface area contributed by atoms with Gasteiger partial charge in [-0.2, -0.15) is 0 Å². The van der Waals surface area contributed by atoms with Crippen LogP contribution in [0.2, 0.25) is 0 Å². The third-order valence-electron chi connectivity index (χ3n) is 3.70. The van der Waals surface area contributed by atoms with Crippen molar-refractivity contribution >= 4 is 17.9 Å². The standard InChI is InChI=1S/C15H21N3O2/c1-17-9-3-4-13(11-17)18(2)14-7-5-12(10-16-14)6-8-15(19)20/h5-8,10,13H,3-4,9,11H2,1-2H3,(H,19,20)/b8-6+. The van der Waals surface area contributed by atoms with Gasteiger partial charge in [0.15, 0.2) is 0 Å². The summed E-state index contributed by atoms with van der Waals surface area (Å²) in [4.78, 5) is 19.4. The first-order valence-electron chi connectivity index (χ1n) is 6.84. The Labute approximate surface area is 119 Å². The quantitative estimate of drug-likeness (QED) is 0.848. The molecule has 1 aliphatic heterocycles. The molecule has 0 radical (unpaired) electrons. The molecule has 1 aromatic rings. The maximum absolute atomic E-state index is 10.5. The number of nitrogens with zero attached hydrogens (tertiary/aromatic N) is 3. The van der Waals surface area contributed by atoms with Crippen LogP contribution in [0.5, 0.6) is 0 Å². The van der Waals surface area contributed by atoms with E-state index in [-0.39, 0.29) is 0 Å². The van der Waals surface area contributed by atoms with Gasteiger partial charge in [0, 0.05) is 31.9 Å². The zero-order valence-corrected chi connectivity index (χ0v) is 12.0. The molecule has 2 heterocycles. The van der Waals surface area contributed by atoms with Crippen molar-refractivity contribution in [3.05, 3.63) is 30.0 Å². The fourth-order valence-electron chi connectivity index (χ4n) is 2.51. The van der Waals surface area contributed by atoms with Crippen molar-refractivity contribution in [1.29, 1.82) is 0 Å². The predicted molar refractivity (Wildman–Crippen MR) is 79.8 cm³/mol. The van der Waals surface area contributed by atoms with Crippen molar-refractivity contribution in [2.75, 3.05) is 32.1 Å². The molecule has 1 saturated heterocycles. The van der Waals surface area contributed by atoms with Crippen molar-refractivity contribution < 1.29 is 9.90 Å². The van der Waals surface area contributed by atoms with Crippen molar-refractivity contribution in [2.45, 2.75) is 18.9 Å². The van der Waals surface area contributed by atoms with Crippen LogP contribution in [0.15, 0.2) is 24.4 Å². The summed E-state index contributed by atoms with van der Waals surface area (Å²) in [5, 5.41) is 8.59. The number of aromatic nitrogens is 1. The second-order valence-electron chi connectivity index (χ2n) is 5.29. The van der Waals surface area contributed by atoms with Gasteiger partial charge in [-0.05, 0) is 50.2 Å². The Bertz CT molecular complexity index is 484. The van der Waals surface area contributed by atoms with Gasteiger partial charge in [0.25, 0.3) is 0 Å². The summed E-state index contributed by atoms with van der Waals surface area (Å²) >= 11 is 0. The topological polar surface area (TPSA) is 56.7 Å². The van der Waals surface area contributed by atoms with E-state index in [1.807, 2.05) is 12.1 Å². The molecule has 1 aliphatic rings. The van der Waals surface area contributed by atoms with E-state index in [0.29, 0.717) is 6.04 Å². The highest BCUT2D eigenvalue weighted by molar-refractivity contribution is 5.85. The lowest BCUT2D eigenvalue weighted by Crippen LogP contribution is -2.45. The first-order valence-corrected chi connectivity index (χ1v) is 6.84. The van der Waals surface area contributed by atoms with Gasteiger partial charge in [-0.1, -0.05) is 0 Å². The van der Waals surface area contributed by atoms with Crippen LogP contribution in [0.3, 0.4) is 0 Å². The summed E-state index contributed by atoms with van der Waals surface area (Å²) in [6.07, 6.45) is 6.77. The van der Waals surface area contributed by atoms with E-state index in [0.717, 1.165) is 30.5 Å². The minimum atomic E-state index is -0.948. The van der Waals surface area contributed by atoms with Crippen molar-refractivity contribution in [3.8, 4) is 0 Å². The Morgan fingerprint density at radius 2 is 2.35 bits per heavy atom. The maximum atomic E-state index is 10.5. The minimum absolute atomic E-state index is 0.488. The lowest BCUT2D eigenvalue weighted by molar-refractivity contribution is -0.131. The Kier molecular flexibility index (Phi) is 4.74. The lowest BCUT2D eigenvalue weighted by atomic mass is 10.1. The number of carbonyl (C=O) groups is 1. The van der Waals surface area contributed by atoms with Crippen LogP contribution < -0.4 is 4.90 Å². The minimum Gasteiger partial charge on any atom is -0.478 e. The number of carboxylic acids is 1. The summed E-state index contributed by atoms with van der Waals surface area (Å²) < 4.78 is 0. The summed E-state index contributed by atoms with van der Waals surface area (Å²) in [7, 11) is 4.21. The average Bonchev–Trinajstić information content (AvgIpc) is 2.45. The SMILES string of the molecule is CN1CCCC(N(C)c2ccc(/C=C/C(=O)O)cn2)C1. The highest BCUT2D eigenvalue weighted by Gasteiger charge is 2.21. The van der Waals surface area contributed by atoms with E-state index in [1.54, 1.807) is 12.3 Å². The molecule has 1 aromatic heterocycles. The van der Waals surface area contributed by atoms with E-state index in [9.17, 15) is 4.79 Å². The van der Waals surface area contributed by atoms with E-state index in [4.69, 9.17) is 5.11 Å². The molecule has 20 heavy (non-hydrogen) atoms. The van der Waals surface area contributed by atoms with E-state index >= 15 is 0 Å². The second-order valence-corrected chi connectivity index (χ2v) is 5.29. The molecule has 1 unspecified atom stereocenters. The molecule has 2 rings (SSSR count). The lowest BCUT2D eigenvalue weighted by Gasteiger charge is -2.36. The number of aliphatic carboxylic acids is 1. The highest BCUT2D eigenvalue weighted by Crippen LogP contribution is 2.19. The Morgan fingerprint density at radius 1 is 1.55 bits per heavy atom. The molecule has 1 fully saturated rings. The molecule has 5 heteroatoms. The molecule has 1 N–H and O–H groups in total. The number of hydrogen-bond acceptors (Lipinski definition) is 4. The number of rotatable bonds is 4. The molecule has 0 aliphatic carbocycles. The van der Waals surface area contributed by atoms with Gasteiger partial charge in [0.05, 0.1) is 0 Å².